The van der Waals surface area contributed by atoms with Gasteiger partial charge in [0, 0.05) is 42.7 Å². The number of aromatic nitrogens is 1. The van der Waals surface area contributed by atoms with Crippen LogP contribution in [-0.4, -0.2) is 15.9 Å². The van der Waals surface area contributed by atoms with E-state index in [-0.39, 0.29) is 36.7 Å². The van der Waals surface area contributed by atoms with Gasteiger partial charge in [-0.1, -0.05) is 58.9 Å². The molecule has 0 spiro atoms. The molecular formula is C30H34IrNO2-. The van der Waals surface area contributed by atoms with Gasteiger partial charge in [0.05, 0.1) is 0 Å². The van der Waals surface area contributed by atoms with E-state index in [2.05, 4.69) is 42.2 Å². The van der Waals surface area contributed by atoms with Gasteiger partial charge in [0.2, 0.25) is 0 Å². The van der Waals surface area contributed by atoms with Crippen molar-refractivity contribution in [1.82, 2.24) is 4.98 Å². The van der Waals surface area contributed by atoms with E-state index in [9.17, 15) is 9.90 Å². The van der Waals surface area contributed by atoms with Crippen molar-refractivity contribution in [3.63, 3.8) is 0 Å². The summed E-state index contributed by atoms with van der Waals surface area (Å²) in [6.07, 6.45) is 5.89. The molecule has 1 fully saturated rings. The van der Waals surface area contributed by atoms with Crippen LogP contribution in [0, 0.1) is 29.7 Å². The fourth-order valence-electron chi connectivity index (χ4n) is 4.93. The fraction of sp³-hybridized carbons (Fsp3) is 0.400. The SMILES string of the molecule is CC1(C)CCC2CCC(C)(C)C(O)=C2C1=O.Cc1c[c-]c(-c2nccc3ccccc23)cc1.[Ir]. The van der Waals surface area contributed by atoms with Crippen LogP contribution in [0.25, 0.3) is 22.0 Å². The van der Waals surface area contributed by atoms with Crippen molar-refractivity contribution < 1.29 is 30.0 Å². The Morgan fingerprint density at radius 2 is 1.65 bits per heavy atom. The van der Waals surface area contributed by atoms with Gasteiger partial charge in [-0.25, -0.2) is 0 Å². The molecule has 1 atom stereocenters. The molecule has 1 heterocycles. The van der Waals surface area contributed by atoms with Crippen molar-refractivity contribution in [2.75, 3.05) is 0 Å². The summed E-state index contributed by atoms with van der Waals surface area (Å²) in [4.78, 5) is 16.8. The summed E-state index contributed by atoms with van der Waals surface area (Å²) >= 11 is 0. The number of fused-ring (bicyclic) bond motifs is 2. The molecule has 2 aliphatic carbocycles. The van der Waals surface area contributed by atoms with Crippen molar-refractivity contribution in [1.29, 1.82) is 0 Å². The Balaban J connectivity index is 0.000000186. The number of aliphatic hydroxyl groups is 1. The second-order valence-electron chi connectivity index (χ2n) is 10.8. The average Bonchev–Trinajstić information content (AvgIpc) is 2.79. The van der Waals surface area contributed by atoms with Gasteiger partial charge in [-0.3, -0.25) is 4.79 Å². The van der Waals surface area contributed by atoms with Crippen LogP contribution in [0.15, 0.2) is 66.1 Å². The normalized spacial score (nSPS) is 20.6. The van der Waals surface area contributed by atoms with Crippen molar-refractivity contribution in [3.8, 4) is 11.3 Å². The number of aliphatic hydroxyl groups excluding tert-OH is 1. The Kier molecular flexibility index (Phi) is 7.85. The molecule has 3 nitrogen and oxygen atoms in total. The number of ketones is 1. The number of hydrogen-bond donors (Lipinski definition) is 1. The largest absolute Gasteiger partial charge is 0.511 e. The van der Waals surface area contributed by atoms with E-state index in [1.54, 1.807) is 0 Å². The number of rotatable bonds is 1. The first-order valence-corrected chi connectivity index (χ1v) is 11.9. The van der Waals surface area contributed by atoms with E-state index in [0.717, 1.165) is 42.5 Å². The van der Waals surface area contributed by atoms with Crippen molar-refractivity contribution >= 4 is 16.6 Å². The maximum Gasteiger partial charge on any atom is 0.168 e. The number of carbonyl (C=O) groups is 1. The molecule has 0 bridgehead atoms. The van der Waals surface area contributed by atoms with Crippen molar-refractivity contribution in [2.45, 2.75) is 60.3 Å². The molecule has 4 heteroatoms. The smallest absolute Gasteiger partial charge is 0.168 e. The van der Waals surface area contributed by atoms with Gasteiger partial charge in [-0.05, 0) is 54.1 Å². The summed E-state index contributed by atoms with van der Waals surface area (Å²) in [5.41, 5.74) is 3.51. The second kappa shape index (κ2) is 10.1. The van der Waals surface area contributed by atoms with Gasteiger partial charge in [0.15, 0.2) is 5.78 Å². The molecule has 1 N–H and O–H groups in total. The van der Waals surface area contributed by atoms with Gasteiger partial charge >= 0.3 is 0 Å². The van der Waals surface area contributed by atoms with Crippen molar-refractivity contribution in [2.24, 2.45) is 16.7 Å². The third kappa shape index (κ3) is 5.19. The van der Waals surface area contributed by atoms with Crippen LogP contribution in [0.4, 0.5) is 0 Å². The summed E-state index contributed by atoms with van der Waals surface area (Å²) in [5.74, 6) is 0.851. The Labute approximate surface area is 217 Å². The molecule has 2 aromatic carbocycles. The summed E-state index contributed by atoms with van der Waals surface area (Å²) in [6, 6.07) is 19.8. The molecule has 181 valence electrons. The van der Waals surface area contributed by atoms with Crippen LogP contribution in [0.2, 0.25) is 0 Å². The third-order valence-corrected chi connectivity index (χ3v) is 7.30. The number of hydrogen-bond acceptors (Lipinski definition) is 3. The Morgan fingerprint density at radius 3 is 2.32 bits per heavy atom. The molecule has 2 aliphatic rings. The zero-order valence-electron chi connectivity index (χ0n) is 20.7. The van der Waals surface area contributed by atoms with Crippen LogP contribution in [0.3, 0.4) is 0 Å². The zero-order chi connectivity index (χ0) is 23.8. The number of pyridine rings is 1. The van der Waals surface area contributed by atoms with E-state index < -0.39 is 0 Å². The van der Waals surface area contributed by atoms with E-state index in [4.69, 9.17) is 0 Å². The van der Waals surface area contributed by atoms with E-state index in [1.165, 1.54) is 16.3 Å². The molecule has 0 saturated heterocycles. The van der Waals surface area contributed by atoms with Gasteiger partial charge in [-0.15, -0.1) is 35.4 Å². The molecule has 1 saturated carbocycles. The van der Waals surface area contributed by atoms with Crippen molar-refractivity contribution in [3.05, 3.63) is 77.7 Å². The maximum absolute atomic E-state index is 12.4. The standard InChI is InChI=1S/C16H12N.C14H22O2.Ir/c1-12-6-8-14(9-7-12)16-15-5-3-2-4-13(15)10-11-17-16;1-13(2)7-5-9-6-8-14(3,4)12(16)10(9)11(13)15;/h2-8,10-11H,1H3;9,15H,5-8H2,1-4H3;/q-1;;. The zero-order valence-corrected chi connectivity index (χ0v) is 23.1. The van der Waals surface area contributed by atoms with E-state index >= 15 is 0 Å². The second-order valence-corrected chi connectivity index (χ2v) is 10.8. The molecule has 1 aromatic heterocycles. The fourth-order valence-corrected chi connectivity index (χ4v) is 4.93. The first kappa shape index (κ1) is 26.3. The van der Waals surface area contributed by atoms with Crippen LogP contribution in [0.5, 0.6) is 0 Å². The molecular weight excluding hydrogens is 599 g/mol. The van der Waals surface area contributed by atoms with Crippen LogP contribution >= 0.6 is 0 Å². The van der Waals surface area contributed by atoms with E-state index in [0.29, 0.717) is 11.7 Å². The Morgan fingerprint density at radius 1 is 0.971 bits per heavy atom. The minimum atomic E-state index is -0.284. The summed E-state index contributed by atoms with van der Waals surface area (Å²) in [6.45, 7) is 10.1. The van der Waals surface area contributed by atoms with Gasteiger partial charge in [0.25, 0.3) is 0 Å². The minimum absolute atomic E-state index is 0. The maximum atomic E-state index is 12.4. The van der Waals surface area contributed by atoms with Gasteiger partial charge in [-0.2, -0.15) is 0 Å². The Bertz CT molecular complexity index is 1200. The molecule has 1 unspecified atom stereocenters. The van der Waals surface area contributed by atoms with Crippen LogP contribution < -0.4 is 0 Å². The number of aryl methyl sites for hydroxylation is 1. The van der Waals surface area contributed by atoms with Gasteiger partial charge in [0.1, 0.15) is 5.76 Å². The van der Waals surface area contributed by atoms with Crippen LogP contribution in [-0.2, 0) is 24.9 Å². The topological polar surface area (TPSA) is 50.2 Å². The monoisotopic (exact) mass is 633 g/mol. The number of carbonyl (C=O) groups excluding carboxylic acids is 1. The van der Waals surface area contributed by atoms with Crippen LogP contribution in [0.1, 0.15) is 58.9 Å². The number of nitrogens with zero attached hydrogens (tertiary/aromatic N) is 1. The summed E-state index contributed by atoms with van der Waals surface area (Å²) in [5, 5.41) is 12.7. The predicted molar refractivity (Wildman–Crippen MR) is 135 cm³/mol. The molecule has 1 radical (unpaired) electrons. The number of allylic oxidation sites excluding steroid dienone is 2. The summed E-state index contributed by atoms with van der Waals surface area (Å²) < 4.78 is 0. The van der Waals surface area contributed by atoms with E-state index in [1.807, 2.05) is 58.2 Å². The molecule has 34 heavy (non-hydrogen) atoms. The van der Waals surface area contributed by atoms with Gasteiger partial charge < -0.3 is 10.1 Å². The molecule has 5 rings (SSSR count). The molecule has 0 aliphatic heterocycles. The predicted octanol–water partition coefficient (Wildman–Crippen LogP) is 7.63. The molecule has 0 amide bonds. The summed E-state index contributed by atoms with van der Waals surface area (Å²) in [7, 11) is 0. The number of Topliss-reactive ketones (excluding diaryl/α,β-unsaturated/α-hetero) is 1. The average molecular weight is 633 g/mol. The minimum Gasteiger partial charge on any atom is -0.511 e. The third-order valence-electron chi connectivity index (χ3n) is 7.30. The number of benzene rings is 2. The molecule has 3 aromatic rings. The quantitative estimate of drug-likeness (QED) is 0.281. The first-order valence-electron chi connectivity index (χ1n) is 11.9. The first-order chi connectivity index (χ1) is 15.6. The Hall–Kier alpha value is -2.29.